The summed E-state index contributed by atoms with van der Waals surface area (Å²) in [6.07, 6.45) is 0.713. The molecule has 0 bridgehead atoms. The summed E-state index contributed by atoms with van der Waals surface area (Å²) in [5, 5.41) is 0. The molecule has 0 aliphatic heterocycles. The minimum atomic E-state index is -1.20. The molecular formula is C14H18O7. The van der Waals surface area contributed by atoms with E-state index in [1.165, 1.54) is 24.3 Å². The largest absolute Gasteiger partial charge is 0.511 e. The van der Waals surface area contributed by atoms with Gasteiger partial charge in [0.2, 0.25) is 12.6 Å². The maximum Gasteiger partial charge on any atom is 0.511 e. The van der Waals surface area contributed by atoms with Crippen LogP contribution in [0.15, 0.2) is 50.6 Å². The lowest BCUT2D eigenvalue weighted by molar-refractivity contribution is -0.179. The molecule has 0 aromatic heterocycles. The quantitative estimate of drug-likeness (QED) is 0.348. The maximum absolute atomic E-state index is 11.2. The summed E-state index contributed by atoms with van der Waals surface area (Å²) in [4.78, 5) is 22.4. The highest BCUT2D eigenvalue weighted by molar-refractivity contribution is 5.60. The summed E-state index contributed by atoms with van der Waals surface area (Å²) >= 11 is 0. The Morgan fingerprint density at radius 2 is 1.19 bits per heavy atom. The third kappa shape index (κ3) is 9.06. The second-order valence-electron chi connectivity index (χ2n) is 3.28. The third-order valence-corrected chi connectivity index (χ3v) is 1.72. The topological polar surface area (TPSA) is 80.3 Å². The Hall–Kier alpha value is -2.54. The van der Waals surface area contributed by atoms with Gasteiger partial charge in [-0.05, 0) is 12.2 Å². The fraction of sp³-hybridized carbons (Fsp3) is 0.286. The minimum Gasteiger partial charge on any atom is -0.430 e. The van der Waals surface area contributed by atoms with Crippen LogP contribution in [0.4, 0.5) is 9.59 Å². The fourth-order valence-corrected chi connectivity index (χ4v) is 0.907. The van der Waals surface area contributed by atoms with Crippen molar-refractivity contribution in [3.05, 3.63) is 50.6 Å². The normalized spacial score (nSPS) is 12.2. The van der Waals surface area contributed by atoms with Gasteiger partial charge in [0.15, 0.2) is 0 Å². The van der Waals surface area contributed by atoms with E-state index < -0.39 is 24.9 Å². The zero-order valence-electron chi connectivity index (χ0n) is 11.6. The Bertz CT molecular complexity index is 353. The van der Waals surface area contributed by atoms with Crippen LogP contribution < -0.4 is 0 Å². The Labute approximate surface area is 123 Å². The predicted molar refractivity (Wildman–Crippen MR) is 74.3 cm³/mol. The molecule has 0 aromatic rings. The van der Waals surface area contributed by atoms with Crippen LogP contribution in [0.5, 0.6) is 0 Å². The first-order chi connectivity index (χ1) is 10.1. The van der Waals surface area contributed by atoms with Gasteiger partial charge >= 0.3 is 12.3 Å². The van der Waals surface area contributed by atoms with E-state index in [0.717, 1.165) is 0 Å². The molecule has 0 saturated carbocycles. The Morgan fingerprint density at radius 1 is 0.810 bits per heavy atom. The van der Waals surface area contributed by atoms with Crippen molar-refractivity contribution in [1.29, 1.82) is 0 Å². The van der Waals surface area contributed by atoms with Crippen molar-refractivity contribution in [3.63, 3.8) is 0 Å². The van der Waals surface area contributed by atoms with E-state index in [-0.39, 0.29) is 13.2 Å². The maximum atomic E-state index is 11.2. The standard InChI is InChI=1S/C14H18O7/c1-5-9-17-13(15)20-11(7-3)19-12(8-4)21-14(16)18-10-6-2/h5-8,11-12H,1-4,9-10H2. The second kappa shape index (κ2) is 11.3. The summed E-state index contributed by atoms with van der Waals surface area (Å²) in [5.74, 6) is 0. The molecular weight excluding hydrogens is 280 g/mol. The Kier molecular flexibility index (Phi) is 9.93. The molecule has 0 N–H and O–H groups in total. The molecule has 0 fully saturated rings. The van der Waals surface area contributed by atoms with Crippen LogP contribution in [0.25, 0.3) is 0 Å². The first-order valence-electron chi connectivity index (χ1n) is 5.86. The highest BCUT2D eigenvalue weighted by Gasteiger charge is 2.20. The van der Waals surface area contributed by atoms with E-state index in [1.54, 1.807) is 0 Å². The van der Waals surface area contributed by atoms with Crippen molar-refractivity contribution in [1.82, 2.24) is 0 Å². The zero-order chi connectivity index (χ0) is 16.1. The first-order valence-corrected chi connectivity index (χ1v) is 5.86. The summed E-state index contributed by atoms with van der Waals surface area (Å²) in [6.45, 7) is 13.5. The van der Waals surface area contributed by atoms with Gasteiger partial charge in [0.25, 0.3) is 0 Å². The van der Waals surface area contributed by atoms with Crippen LogP contribution in [-0.4, -0.2) is 38.1 Å². The van der Waals surface area contributed by atoms with E-state index in [2.05, 4.69) is 35.8 Å². The Morgan fingerprint density at radius 3 is 1.48 bits per heavy atom. The van der Waals surface area contributed by atoms with Crippen LogP contribution >= 0.6 is 0 Å². The minimum absolute atomic E-state index is 0.0159. The highest BCUT2D eigenvalue weighted by atomic mass is 16.8. The van der Waals surface area contributed by atoms with Crippen molar-refractivity contribution in [2.24, 2.45) is 0 Å². The number of ether oxygens (including phenoxy) is 5. The van der Waals surface area contributed by atoms with Crippen molar-refractivity contribution >= 4 is 12.3 Å². The van der Waals surface area contributed by atoms with Gasteiger partial charge in [-0.3, -0.25) is 4.74 Å². The van der Waals surface area contributed by atoms with Gasteiger partial charge in [-0.15, -0.1) is 0 Å². The molecule has 0 aliphatic rings. The van der Waals surface area contributed by atoms with Gasteiger partial charge < -0.3 is 18.9 Å². The fourth-order valence-electron chi connectivity index (χ4n) is 0.907. The molecule has 21 heavy (non-hydrogen) atoms. The van der Waals surface area contributed by atoms with Crippen LogP contribution in [-0.2, 0) is 23.7 Å². The van der Waals surface area contributed by atoms with Gasteiger partial charge in [0.05, 0.1) is 0 Å². The monoisotopic (exact) mass is 298 g/mol. The van der Waals surface area contributed by atoms with E-state index in [9.17, 15) is 9.59 Å². The van der Waals surface area contributed by atoms with Crippen molar-refractivity contribution in [2.75, 3.05) is 13.2 Å². The molecule has 2 atom stereocenters. The summed E-state index contributed by atoms with van der Waals surface area (Å²) in [5.41, 5.74) is 0. The molecule has 7 heteroatoms. The second-order valence-corrected chi connectivity index (χ2v) is 3.28. The molecule has 2 unspecified atom stereocenters. The lowest BCUT2D eigenvalue weighted by atomic mass is 10.5. The smallest absolute Gasteiger partial charge is 0.430 e. The van der Waals surface area contributed by atoms with Gasteiger partial charge in [-0.25, -0.2) is 9.59 Å². The number of carbonyl (C=O) groups excluding carboxylic acids is 2. The molecule has 0 saturated heterocycles. The van der Waals surface area contributed by atoms with Gasteiger partial charge in [-0.1, -0.05) is 38.5 Å². The first kappa shape index (κ1) is 18.5. The molecule has 0 spiro atoms. The average molecular weight is 298 g/mol. The number of carbonyl (C=O) groups is 2. The summed E-state index contributed by atoms with van der Waals surface area (Å²) < 4.78 is 23.8. The molecule has 0 radical (unpaired) electrons. The lowest BCUT2D eigenvalue weighted by Crippen LogP contribution is -2.28. The van der Waals surface area contributed by atoms with Crippen molar-refractivity contribution < 1.29 is 33.3 Å². The average Bonchev–Trinajstić information content (AvgIpc) is 2.49. The molecule has 7 nitrogen and oxygen atoms in total. The molecule has 0 amide bonds. The molecule has 0 aromatic carbocycles. The third-order valence-electron chi connectivity index (χ3n) is 1.72. The summed E-state index contributed by atoms with van der Waals surface area (Å²) in [6, 6.07) is 0. The van der Waals surface area contributed by atoms with Crippen molar-refractivity contribution in [3.8, 4) is 0 Å². The van der Waals surface area contributed by atoms with Gasteiger partial charge in [-0.2, -0.15) is 0 Å². The molecule has 116 valence electrons. The van der Waals surface area contributed by atoms with Crippen LogP contribution in [0.2, 0.25) is 0 Å². The van der Waals surface area contributed by atoms with Gasteiger partial charge in [0.1, 0.15) is 13.2 Å². The number of rotatable bonds is 10. The molecule has 0 aliphatic carbocycles. The van der Waals surface area contributed by atoms with Gasteiger partial charge in [0, 0.05) is 0 Å². The van der Waals surface area contributed by atoms with E-state index in [1.807, 2.05) is 0 Å². The molecule has 0 rings (SSSR count). The summed E-state index contributed by atoms with van der Waals surface area (Å²) in [7, 11) is 0. The number of hydrogen-bond acceptors (Lipinski definition) is 7. The van der Waals surface area contributed by atoms with Crippen LogP contribution in [0, 0.1) is 0 Å². The lowest BCUT2D eigenvalue weighted by Gasteiger charge is -2.19. The van der Waals surface area contributed by atoms with E-state index in [4.69, 9.17) is 14.2 Å². The zero-order valence-corrected chi connectivity index (χ0v) is 11.6. The van der Waals surface area contributed by atoms with E-state index >= 15 is 0 Å². The molecule has 0 heterocycles. The Balaban J connectivity index is 4.33. The van der Waals surface area contributed by atoms with Crippen LogP contribution in [0.1, 0.15) is 0 Å². The van der Waals surface area contributed by atoms with Crippen molar-refractivity contribution in [2.45, 2.75) is 12.6 Å². The van der Waals surface area contributed by atoms with Crippen LogP contribution in [0.3, 0.4) is 0 Å². The number of hydrogen-bond donors (Lipinski definition) is 0. The van der Waals surface area contributed by atoms with E-state index in [0.29, 0.717) is 0 Å². The highest BCUT2D eigenvalue weighted by Crippen LogP contribution is 2.07. The SMILES string of the molecule is C=CCOC(=O)OC(C=C)OC(C=C)OC(=O)OCC=C. The predicted octanol–water partition coefficient (Wildman–Crippen LogP) is 2.71.